The summed E-state index contributed by atoms with van der Waals surface area (Å²) in [5.41, 5.74) is 4.83. The van der Waals surface area contributed by atoms with E-state index in [1.165, 1.54) is 0 Å². The summed E-state index contributed by atoms with van der Waals surface area (Å²) in [6, 6.07) is 22.1. The number of halogens is 1. The second-order valence-corrected chi connectivity index (χ2v) is 11.6. The lowest BCUT2D eigenvalue weighted by Gasteiger charge is -2.44. The van der Waals surface area contributed by atoms with Crippen LogP contribution in [0.25, 0.3) is 0 Å². The van der Waals surface area contributed by atoms with E-state index in [1.54, 1.807) is 29.2 Å². The smallest absolute Gasteiger partial charge is 0.291 e. The number of carbonyl (C=O) groups excluding carboxylic acids is 2. The second-order valence-electron chi connectivity index (χ2n) is 10.8. The van der Waals surface area contributed by atoms with Gasteiger partial charge in [-0.05, 0) is 96.2 Å². The maximum Gasteiger partial charge on any atom is 0.291 e. The molecule has 2 bridgehead atoms. The Morgan fingerprint density at radius 3 is 2.61 bits per heavy atom. The van der Waals surface area contributed by atoms with Crippen LogP contribution in [-0.4, -0.2) is 36.0 Å². The van der Waals surface area contributed by atoms with Gasteiger partial charge in [0.1, 0.15) is 0 Å². The van der Waals surface area contributed by atoms with E-state index in [9.17, 15) is 14.4 Å². The van der Waals surface area contributed by atoms with E-state index in [-0.39, 0.29) is 23.1 Å². The third kappa shape index (κ3) is 5.34. The van der Waals surface area contributed by atoms with E-state index in [1.807, 2.05) is 66.9 Å². The van der Waals surface area contributed by atoms with Gasteiger partial charge in [-0.2, -0.15) is 0 Å². The number of nitrogens with one attached hydrogen (secondary N) is 1. The minimum absolute atomic E-state index is 0.0418. The topological polar surface area (TPSA) is 87.8 Å². The van der Waals surface area contributed by atoms with Crippen LogP contribution in [0.5, 0.6) is 0 Å². The standard InChI is InChI=1S/C32H31BrN4O4/c1-3-36(24-7-4-6-20(2)14-24)32(40)22-10-11-27(25(16-22)34-31(39)28-12-13-29(33)41-28)35-17-21-15-23(19-35)26-8-5-9-30(38)37(26)18-21/h4-14,16,21,23H,3,15,17-19H2,1-2H3,(H,34,39). The third-order valence-electron chi connectivity index (χ3n) is 7.98. The Morgan fingerprint density at radius 2 is 1.85 bits per heavy atom. The first kappa shape index (κ1) is 27.1. The molecular formula is C32H31BrN4O4. The van der Waals surface area contributed by atoms with Crippen LogP contribution >= 0.6 is 15.9 Å². The molecule has 8 nitrogen and oxygen atoms in total. The number of anilines is 3. The van der Waals surface area contributed by atoms with Crippen molar-refractivity contribution in [1.82, 2.24) is 4.57 Å². The van der Waals surface area contributed by atoms with E-state index < -0.39 is 5.91 Å². The SMILES string of the molecule is CCN(C(=O)c1ccc(N2CC3CC(C2)c2cccc(=O)n2C3)c(NC(=O)c2ccc(Br)o2)c1)c1cccc(C)c1. The lowest BCUT2D eigenvalue weighted by Crippen LogP contribution is -2.47. The van der Waals surface area contributed by atoms with Crippen molar-refractivity contribution < 1.29 is 14.0 Å². The van der Waals surface area contributed by atoms with Gasteiger partial charge in [-0.15, -0.1) is 0 Å². The van der Waals surface area contributed by atoms with Crippen molar-refractivity contribution in [3.05, 3.63) is 110 Å². The number of rotatable bonds is 6. The minimum atomic E-state index is -0.401. The minimum Gasteiger partial charge on any atom is -0.444 e. The number of amides is 2. The molecule has 0 aliphatic carbocycles. The predicted octanol–water partition coefficient (Wildman–Crippen LogP) is 6.05. The summed E-state index contributed by atoms with van der Waals surface area (Å²) in [5.74, 6) is 0.105. The second kappa shape index (κ2) is 11.0. The summed E-state index contributed by atoms with van der Waals surface area (Å²) < 4.78 is 7.86. The van der Waals surface area contributed by atoms with Gasteiger partial charge in [0.2, 0.25) is 0 Å². The molecule has 1 saturated heterocycles. The highest BCUT2D eigenvalue weighted by molar-refractivity contribution is 9.10. The number of fused-ring (bicyclic) bond motifs is 4. The van der Waals surface area contributed by atoms with Gasteiger partial charge in [-0.1, -0.05) is 18.2 Å². The van der Waals surface area contributed by atoms with E-state index in [2.05, 4.69) is 26.1 Å². The van der Waals surface area contributed by atoms with E-state index in [4.69, 9.17) is 4.42 Å². The molecule has 2 unspecified atom stereocenters. The number of hydrogen-bond acceptors (Lipinski definition) is 5. The van der Waals surface area contributed by atoms with Crippen molar-refractivity contribution in [2.75, 3.05) is 34.8 Å². The first-order chi connectivity index (χ1) is 19.8. The van der Waals surface area contributed by atoms with Gasteiger partial charge in [0.05, 0.1) is 11.4 Å². The molecule has 0 radical (unpaired) electrons. The maximum atomic E-state index is 13.8. The molecule has 9 heteroatoms. The van der Waals surface area contributed by atoms with Gasteiger partial charge in [0.15, 0.2) is 10.4 Å². The zero-order valence-corrected chi connectivity index (χ0v) is 24.6. The van der Waals surface area contributed by atoms with Crippen LogP contribution in [0.15, 0.2) is 86.7 Å². The molecule has 1 fully saturated rings. The van der Waals surface area contributed by atoms with Crippen LogP contribution in [0.3, 0.4) is 0 Å². The highest BCUT2D eigenvalue weighted by atomic mass is 79.9. The molecule has 210 valence electrons. The largest absolute Gasteiger partial charge is 0.444 e. The van der Waals surface area contributed by atoms with Crippen molar-refractivity contribution in [2.24, 2.45) is 5.92 Å². The Morgan fingerprint density at radius 1 is 1.02 bits per heavy atom. The van der Waals surface area contributed by atoms with Gasteiger partial charge in [-0.25, -0.2) is 0 Å². The molecule has 2 aromatic heterocycles. The number of furan rings is 1. The van der Waals surface area contributed by atoms with E-state index >= 15 is 0 Å². The molecule has 4 heterocycles. The van der Waals surface area contributed by atoms with E-state index in [0.29, 0.717) is 41.5 Å². The van der Waals surface area contributed by atoms with Crippen LogP contribution in [0.4, 0.5) is 17.1 Å². The number of piperidine rings is 1. The molecular weight excluding hydrogens is 584 g/mol. The van der Waals surface area contributed by atoms with E-state index in [0.717, 1.165) is 35.6 Å². The Labute approximate surface area is 246 Å². The number of carbonyl (C=O) groups is 2. The van der Waals surface area contributed by atoms with Gasteiger partial charge in [-0.3, -0.25) is 14.4 Å². The normalized spacial score (nSPS) is 17.6. The van der Waals surface area contributed by atoms with Crippen LogP contribution in [0, 0.1) is 12.8 Å². The number of aromatic nitrogens is 1. The summed E-state index contributed by atoms with van der Waals surface area (Å²) >= 11 is 3.26. The molecule has 2 atom stereocenters. The summed E-state index contributed by atoms with van der Waals surface area (Å²) in [6.07, 6.45) is 1.01. The van der Waals surface area contributed by atoms with Crippen molar-refractivity contribution in [1.29, 1.82) is 0 Å². The average Bonchev–Trinajstić information content (AvgIpc) is 3.40. The lowest BCUT2D eigenvalue weighted by atomic mass is 9.83. The molecule has 4 aromatic rings. The molecule has 6 rings (SSSR count). The fraction of sp³-hybridized carbons (Fsp3) is 0.281. The van der Waals surface area contributed by atoms with Gasteiger partial charge in [0, 0.05) is 55.1 Å². The average molecular weight is 616 g/mol. The van der Waals surface area contributed by atoms with Gasteiger partial charge >= 0.3 is 0 Å². The van der Waals surface area contributed by atoms with Gasteiger partial charge in [0.25, 0.3) is 17.4 Å². The quantitative estimate of drug-likeness (QED) is 0.285. The number of nitrogens with zero attached hydrogens (tertiary/aromatic N) is 3. The molecule has 0 saturated carbocycles. The third-order valence-corrected chi connectivity index (χ3v) is 8.41. The Hall–Kier alpha value is -4.11. The lowest BCUT2D eigenvalue weighted by molar-refractivity contribution is 0.0981. The Balaban J connectivity index is 1.36. The zero-order chi connectivity index (χ0) is 28.7. The van der Waals surface area contributed by atoms with Crippen LogP contribution in [0.2, 0.25) is 0 Å². The first-order valence-electron chi connectivity index (χ1n) is 13.8. The van der Waals surface area contributed by atoms with Crippen LogP contribution < -0.4 is 20.7 Å². The molecule has 2 amide bonds. The molecule has 0 spiro atoms. The Bertz CT molecular complexity index is 1690. The predicted molar refractivity (Wildman–Crippen MR) is 163 cm³/mol. The van der Waals surface area contributed by atoms with Crippen molar-refractivity contribution in [3.63, 3.8) is 0 Å². The van der Waals surface area contributed by atoms with Crippen LogP contribution in [0.1, 0.15) is 51.4 Å². The molecule has 2 aromatic carbocycles. The fourth-order valence-electron chi connectivity index (χ4n) is 6.15. The summed E-state index contributed by atoms with van der Waals surface area (Å²) in [4.78, 5) is 43.5. The highest BCUT2D eigenvalue weighted by Gasteiger charge is 2.35. The summed E-state index contributed by atoms with van der Waals surface area (Å²) in [6.45, 7) is 6.56. The molecule has 41 heavy (non-hydrogen) atoms. The highest BCUT2D eigenvalue weighted by Crippen LogP contribution is 2.39. The van der Waals surface area contributed by atoms with Gasteiger partial charge < -0.3 is 24.1 Å². The number of pyridine rings is 1. The molecule has 2 aliphatic rings. The maximum absolute atomic E-state index is 13.8. The number of benzene rings is 2. The number of aryl methyl sites for hydroxylation is 1. The van der Waals surface area contributed by atoms with Crippen molar-refractivity contribution >= 4 is 44.8 Å². The first-order valence-corrected chi connectivity index (χ1v) is 14.6. The monoisotopic (exact) mass is 614 g/mol. The van der Waals surface area contributed by atoms with Crippen LogP contribution in [-0.2, 0) is 6.54 Å². The molecule has 2 aliphatic heterocycles. The zero-order valence-electron chi connectivity index (χ0n) is 23.0. The Kier molecular flexibility index (Phi) is 7.30. The van der Waals surface area contributed by atoms with Crippen molar-refractivity contribution in [3.8, 4) is 0 Å². The summed E-state index contributed by atoms with van der Waals surface area (Å²) in [7, 11) is 0. The molecule has 1 N–H and O–H groups in total. The van der Waals surface area contributed by atoms with Crippen molar-refractivity contribution in [2.45, 2.75) is 32.7 Å². The summed E-state index contributed by atoms with van der Waals surface area (Å²) in [5, 5.41) is 3.01. The fourth-order valence-corrected chi connectivity index (χ4v) is 6.46. The number of hydrogen-bond donors (Lipinski definition) is 1.